The van der Waals surface area contributed by atoms with Gasteiger partial charge in [0.25, 0.3) is 33.7 Å². The van der Waals surface area contributed by atoms with Gasteiger partial charge in [-0.2, -0.15) is 9.61 Å². The highest BCUT2D eigenvalue weighted by Gasteiger charge is 2.40. The molecule has 8 aromatic rings. The van der Waals surface area contributed by atoms with Gasteiger partial charge in [0, 0.05) is 56.6 Å². The van der Waals surface area contributed by atoms with Gasteiger partial charge in [0.15, 0.2) is 5.65 Å². The van der Waals surface area contributed by atoms with Crippen LogP contribution >= 0.6 is 11.6 Å². The number of carbonyl (C=O) groups is 6. The van der Waals surface area contributed by atoms with Crippen LogP contribution in [0.5, 0.6) is 0 Å². The molecular formula is C92H126ClFN14O24. The number of rotatable bonds is 12. The molecule has 8 heterocycles. The number of carboxylic acid groups (broad SMARTS) is 1. The molecule has 0 aromatic carbocycles. The molecule has 0 radical (unpaired) electrons. The maximum Gasteiger partial charge on any atom is 0.415 e. The number of alkyl halides is 1. The van der Waals surface area contributed by atoms with Gasteiger partial charge in [-0.05, 0) is 191 Å². The number of hydrogen-bond acceptors (Lipinski definition) is 28. The van der Waals surface area contributed by atoms with E-state index >= 15 is 0 Å². The lowest BCUT2D eigenvalue weighted by Crippen LogP contribution is -2.37. The van der Waals surface area contributed by atoms with E-state index in [1.54, 1.807) is 118 Å². The van der Waals surface area contributed by atoms with E-state index in [0.29, 0.717) is 32.1 Å². The summed E-state index contributed by atoms with van der Waals surface area (Å²) < 4.78 is 45.6. The Morgan fingerprint density at radius 1 is 0.508 bits per heavy atom. The molecular weight excluding hydrogens is 1740 g/mol. The Hall–Kier alpha value is -11.7. The average molecular weight is 1870 g/mol. The Bertz CT molecular complexity index is 5480. The van der Waals surface area contributed by atoms with Gasteiger partial charge in [-0.25, -0.2) is 38.1 Å². The van der Waals surface area contributed by atoms with Crippen LogP contribution in [0.2, 0.25) is 5.15 Å². The van der Waals surface area contributed by atoms with Gasteiger partial charge >= 0.3 is 35.7 Å². The summed E-state index contributed by atoms with van der Waals surface area (Å²) in [5.74, 6) is -2.76. The monoisotopic (exact) mass is 1860 g/mol. The number of aromatic nitrogens is 8. The van der Waals surface area contributed by atoms with Gasteiger partial charge in [0.2, 0.25) is 0 Å². The van der Waals surface area contributed by atoms with Crippen molar-refractivity contribution in [2.45, 2.75) is 298 Å². The van der Waals surface area contributed by atoms with Gasteiger partial charge in [-0.15, -0.1) is 0 Å². The van der Waals surface area contributed by atoms with Gasteiger partial charge < -0.3 is 104 Å². The molecule has 0 spiro atoms. The summed E-state index contributed by atoms with van der Waals surface area (Å²) in [4.78, 5) is 146. The summed E-state index contributed by atoms with van der Waals surface area (Å²) in [6.07, 6.45) is 27.9. The standard InChI is InChI=1S/C16H19ClFN5O3.C16H24N2O4.C13H17NO4.C12H15NO4.2C11H16N2O2.C7H6O4.C6H13NO/c1-16(2,3)26-15(25)22(4)12-6-11(17)21-13-8(7-19-23(12)13)14(24)20-10-5-9(10)18;1-16(2,3)22-15(21)17-11-7-6-10-18(14(11)20)12-8-4-5-9-13(12)19;1-18-13(17)9-5-4-8-14(12(9)16)10-6-2-3-7-11(10)15;14-10-6-2-1-5-9(10)13-7-3-4-8(11(13)15)12(16)17;2*12-8-4-3-7-13(11(8)15)9-5-1-2-6-10(9)14;1-10-6(8)5-3-2-4-11-7(5)9;7-5-3-1-2-4-6(5)8/h6-7,9-10H,5H2,1-4H3,(H,20,24);6-7,10,12-13,19H,4-5,8-9H2,1-3H3,(H,17,21);4-5,8,10-11,15H,2-3,6-7H2,1H3;3-4,7,9-10,14H,1-2,5-6H2,(H,16,17);2*3-4,7,9-10,14H,1-2,5-6,12H2;2-4H,1H3;5-6,8H,1-4,7H2/t9-,10+;12-,13+;10-,11+;3*9-,10+;;5-,6+/m000000.0/s1. The molecule has 132 heavy (non-hydrogen) atoms. The third kappa shape index (κ3) is 30.2. The first-order valence-corrected chi connectivity index (χ1v) is 44.8. The van der Waals surface area contributed by atoms with E-state index in [0.717, 1.165) is 122 Å². The van der Waals surface area contributed by atoms with Gasteiger partial charge in [-0.3, -0.25) is 39.0 Å². The first kappa shape index (κ1) is 106. The second-order valence-corrected chi connectivity index (χ2v) is 35.6. The van der Waals surface area contributed by atoms with Crippen molar-refractivity contribution < 1.29 is 92.3 Å². The van der Waals surface area contributed by atoms with Crippen molar-refractivity contribution in [1.29, 1.82) is 0 Å². The van der Waals surface area contributed by atoms with E-state index in [4.69, 9.17) is 48.5 Å². The third-order valence-corrected chi connectivity index (χ3v) is 23.3. The Balaban J connectivity index is 0.000000189. The average Bonchev–Trinajstić information content (AvgIpc) is 1.62. The minimum atomic E-state index is -1.23. The highest BCUT2D eigenvalue weighted by Crippen LogP contribution is 2.34. The number of anilines is 4. The van der Waals surface area contributed by atoms with E-state index in [-0.39, 0.29) is 115 Å². The quantitative estimate of drug-likeness (QED) is 0.0307. The Labute approximate surface area is 766 Å². The van der Waals surface area contributed by atoms with Crippen LogP contribution in [0.25, 0.3) is 5.65 Å². The van der Waals surface area contributed by atoms with Gasteiger partial charge in [0.1, 0.15) is 56.3 Å². The van der Waals surface area contributed by atoms with E-state index in [1.807, 2.05) is 0 Å². The number of halogens is 2. The number of aliphatic hydroxyl groups excluding tert-OH is 6. The molecule has 722 valence electrons. The largest absolute Gasteiger partial charge is 0.477 e. The van der Waals surface area contributed by atoms with E-state index in [2.05, 4.69) is 34.6 Å². The van der Waals surface area contributed by atoms with Crippen LogP contribution in [0.3, 0.4) is 0 Å². The van der Waals surface area contributed by atoms with E-state index < -0.39 is 107 Å². The predicted molar refractivity (Wildman–Crippen MR) is 490 cm³/mol. The fraction of sp³-hybridized carbons (Fsp3) is 0.543. The number of aliphatic hydroxyl groups is 6. The molecule has 40 heteroatoms. The molecule has 0 aliphatic heterocycles. The molecule has 15 N–H and O–H groups in total. The number of ether oxygens (including phenoxy) is 4. The molecule has 0 bridgehead atoms. The number of hydrogen-bond donors (Lipinski definition) is 12. The fourth-order valence-corrected chi connectivity index (χ4v) is 16.2. The summed E-state index contributed by atoms with van der Waals surface area (Å²) in [5.41, 5.74) is 13.7. The molecule has 7 fully saturated rings. The summed E-state index contributed by atoms with van der Waals surface area (Å²) >= 11 is 6.06. The molecule has 0 unspecified atom stereocenters. The maximum absolute atomic E-state index is 13.0. The Kier molecular flexibility index (Phi) is 39.8. The number of nitrogens with one attached hydrogen (secondary N) is 2. The summed E-state index contributed by atoms with van der Waals surface area (Å²) in [6.45, 7) is 10.5. The zero-order chi connectivity index (χ0) is 97.0. The normalized spacial score (nSPS) is 23.1. The van der Waals surface area contributed by atoms with Gasteiger partial charge in [0.05, 0.1) is 111 Å². The zero-order valence-corrected chi connectivity index (χ0v) is 76.6. The van der Waals surface area contributed by atoms with Crippen LogP contribution < -0.4 is 66.2 Å². The van der Waals surface area contributed by atoms with Crippen molar-refractivity contribution in [3.05, 3.63) is 212 Å². The number of nitrogen functional groups attached to an aromatic ring is 2. The second kappa shape index (κ2) is 49.7. The number of pyridine rings is 5. The maximum atomic E-state index is 13.0. The van der Waals surface area contributed by atoms with Crippen LogP contribution in [0.1, 0.15) is 274 Å². The van der Waals surface area contributed by atoms with Crippen molar-refractivity contribution in [3.8, 4) is 0 Å². The highest BCUT2D eigenvalue weighted by molar-refractivity contribution is 6.30. The van der Waals surface area contributed by atoms with E-state index in [1.165, 1.54) is 106 Å². The highest BCUT2D eigenvalue weighted by atomic mass is 35.5. The summed E-state index contributed by atoms with van der Waals surface area (Å²) in [5, 5.41) is 76.8. The molecule has 3 amide bonds. The summed E-state index contributed by atoms with van der Waals surface area (Å²) in [7, 11) is 3.95. The number of methoxy groups -OCH3 is 2. The molecule has 38 nitrogen and oxygen atoms in total. The van der Waals surface area contributed by atoms with Crippen LogP contribution in [-0.4, -0.2) is 197 Å². The number of nitrogens with zero attached hydrogens (tertiary/aromatic N) is 9. The Morgan fingerprint density at radius 3 is 1.27 bits per heavy atom. The smallest absolute Gasteiger partial charge is 0.415 e. The van der Waals surface area contributed by atoms with Crippen molar-refractivity contribution >= 4 is 76.1 Å². The minimum Gasteiger partial charge on any atom is -0.477 e. The van der Waals surface area contributed by atoms with Crippen molar-refractivity contribution in [2.75, 3.05) is 43.0 Å². The molecule has 15 rings (SSSR count). The third-order valence-electron chi connectivity index (χ3n) is 23.1. The van der Waals surface area contributed by atoms with Crippen molar-refractivity contribution in [2.24, 2.45) is 5.73 Å². The second-order valence-electron chi connectivity index (χ2n) is 35.2. The number of amides is 3. The number of esters is 2. The topological polar surface area (TPSA) is 557 Å². The lowest BCUT2D eigenvalue weighted by Gasteiger charge is -2.29. The van der Waals surface area contributed by atoms with Crippen LogP contribution in [0.15, 0.2) is 155 Å². The lowest BCUT2D eigenvalue weighted by molar-refractivity contribution is 0.0578. The van der Waals surface area contributed by atoms with Crippen LogP contribution in [-0.2, 0) is 18.9 Å². The molecule has 7 aliphatic rings. The molecule has 7 aliphatic carbocycles. The summed E-state index contributed by atoms with van der Waals surface area (Å²) in [6, 6.07) is 18.6. The van der Waals surface area contributed by atoms with Crippen molar-refractivity contribution in [1.82, 2.24) is 42.8 Å². The number of carboxylic acids is 1. The minimum absolute atomic E-state index is 0.0118. The molecule has 8 aromatic heterocycles. The number of fused-ring (bicyclic) bond motifs is 1. The first-order chi connectivity index (χ1) is 62.6. The fourth-order valence-electron chi connectivity index (χ4n) is 16.0. The van der Waals surface area contributed by atoms with Crippen LogP contribution in [0, 0.1) is 0 Å². The SMILES string of the molecule is CC(C)(C)OC(=O)Nc1cccn([C@H]2CCCC[C@H]2O)c1=O.CN(C(=O)OC(C)(C)C)c1cc(Cl)nc2c(C(=O)N[C@@H]3C[C@@H]3F)cnn12.COC(=O)c1cccn([C@H]2CCCC[C@H]2O)c1=O.COC(=O)c1cccoc1=O.N[C@H]1CCCC[C@H]1O.Nc1cccn([C@H]2CCCC[C@H]2O)c1=O.Nc1cccn([C@H]2CCCC[C@H]2O)c1=O.O=C(O)c1cccn([C@H]2CCCC[C@H]2O)c1=O. The molecule has 14 atom stereocenters. The van der Waals surface area contributed by atoms with E-state index in [9.17, 15) is 87.5 Å². The molecule has 0 saturated heterocycles. The number of carbonyl (C=O) groups excluding carboxylic acids is 5. The first-order valence-electron chi connectivity index (χ1n) is 44.4. The molecule has 7 saturated carbocycles. The van der Waals surface area contributed by atoms with Crippen LogP contribution in [0.4, 0.5) is 36.9 Å². The lowest BCUT2D eigenvalue weighted by atomic mass is 9.92. The Morgan fingerprint density at radius 2 is 0.879 bits per heavy atom. The predicted octanol–water partition coefficient (Wildman–Crippen LogP) is 9.89. The van der Waals surface area contributed by atoms with Gasteiger partial charge in [-0.1, -0.05) is 88.7 Å². The zero-order valence-electron chi connectivity index (χ0n) is 75.9. The van der Waals surface area contributed by atoms with Crippen molar-refractivity contribution in [3.63, 3.8) is 0 Å². The number of nitrogens with two attached hydrogens (primary N) is 3. The number of aromatic carboxylic acids is 1.